The van der Waals surface area contributed by atoms with Crippen molar-refractivity contribution in [2.24, 2.45) is 17.8 Å². The van der Waals surface area contributed by atoms with Crippen LogP contribution in [0.5, 0.6) is 11.5 Å². The van der Waals surface area contributed by atoms with Crippen molar-refractivity contribution in [2.75, 3.05) is 26.2 Å². The number of imide groups is 2. The lowest BCUT2D eigenvalue weighted by Crippen LogP contribution is -2.60. The van der Waals surface area contributed by atoms with Crippen LogP contribution in [0.2, 0.25) is 5.02 Å². The van der Waals surface area contributed by atoms with Crippen LogP contribution in [-0.4, -0.2) is 74.6 Å². The summed E-state index contributed by atoms with van der Waals surface area (Å²) in [5, 5.41) is 11.8. The van der Waals surface area contributed by atoms with E-state index in [1.54, 1.807) is 6.08 Å². The number of aromatic hydroxyl groups is 1. The molecule has 0 bridgehead atoms. The molecule has 2 aromatic rings. The third-order valence-electron chi connectivity index (χ3n) is 9.32. The number of phenolic OH excluding ortho intramolecular Hbond substituents is 1. The number of fused-ring (bicyclic) bond motifs is 4. The molecular weight excluding hydrogens is 744 g/mol. The smallest absolute Gasteiger partial charge is 0.433 e. The molecule has 1 N–H and O–H groups in total. The zero-order valence-corrected chi connectivity index (χ0v) is 27.9. The predicted molar refractivity (Wildman–Crippen MR) is 162 cm³/mol. The van der Waals surface area contributed by atoms with Gasteiger partial charge in [-0.2, -0.15) is 18.2 Å². The van der Waals surface area contributed by atoms with Gasteiger partial charge in [0.2, 0.25) is 0 Å². The predicted octanol–water partition coefficient (Wildman–Crippen LogP) is 5.27. The van der Waals surface area contributed by atoms with Crippen molar-refractivity contribution in [2.45, 2.75) is 34.7 Å². The van der Waals surface area contributed by atoms with Crippen LogP contribution in [0.15, 0.2) is 40.4 Å². The zero-order valence-electron chi connectivity index (χ0n) is 24.0. The third kappa shape index (κ3) is 4.32. The van der Waals surface area contributed by atoms with Crippen molar-refractivity contribution in [3.05, 3.63) is 56.7 Å². The fraction of sp³-hybridized carbons (Fsp3) is 0.414. The van der Waals surface area contributed by atoms with Gasteiger partial charge in [0.25, 0.3) is 23.6 Å². The number of benzene rings is 1. The van der Waals surface area contributed by atoms with Crippen LogP contribution in [0.1, 0.15) is 30.0 Å². The lowest BCUT2D eigenvalue weighted by atomic mass is 9.56. The number of hydrogen-bond acceptors (Lipinski definition) is 8. The lowest BCUT2D eigenvalue weighted by molar-refractivity contribution is -0.141. The van der Waals surface area contributed by atoms with Gasteiger partial charge in [-0.25, -0.2) is 4.98 Å². The number of carbonyl (C=O) groups excluding carboxylic acids is 4. The van der Waals surface area contributed by atoms with E-state index in [2.05, 4.69) is 20.9 Å². The molecule has 1 saturated carbocycles. The fourth-order valence-electron chi connectivity index (χ4n) is 7.22. The Bertz CT molecular complexity index is 1780. The Balaban J connectivity index is 1.48. The van der Waals surface area contributed by atoms with Gasteiger partial charge in [0.05, 0.1) is 28.4 Å². The highest BCUT2D eigenvalue weighted by atomic mass is 79.9. The number of nitrogens with zero attached hydrogens (tertiary/aromatic N) is 4. The van der Waals surface area contributed by atoms with Gasteiger partial charge in [-0.05, 0) is 64.5 Å². The van der Waals surface area contributed by atoms with Crippen molar-refractivity contribution in [1.82, 2.24) is 14.9 Å². The van der Waals surface area contributed by atoms with Gasteiger partial charge in [0.15, 0.2) is 27.1 Å². The summed E-state index contributed by atoms with van der Waals surface area (Å²) in [6.45, 7) is 0. The molecule has 2 aliphatic carbocycles. The van der Waals surface area contributed by atoms with E-state index in [0.717, 1.165) is 16.0 Å². The molecule has 10 nitrogen and oxygen atoms in total. The highest BCUT2D eigenvalue weighted by molar-refractivity contribution is 9.10. The molecule has 46 heavy (non-hydrogen) atoms. The quantitative estimate of drug-likeness (QED) is 0.254. The number of amides is 4. The van der Waals surface area contributed by atoms with Gasteiger partial charge in [-0.1, -0.05) is 23.3 Å². The van der Waals surface area contributed by atoms with E-state index < -0.39 is 74.7 Å². The number of halogens is 7. The minimum Gasteiger partial charge on any atom is -0.503 e. The van der Waals surface area contributed by atoms with E-state index >= 15 is 0 Å². The molecule has 3 heterocycles. The molecule has 3 fully saturated rings. The van der Waals surface area contributed by atoms with Crippen LogP contribution < -0.4 is 9.75 Å². The molecule has 1 aromatic heterocycles. The number of likely N-dealkylation sites (tertiary alicyclic amines) is 1. The second-order valence-corrected chi connectivity index (χ2v) is 14.1. The van der Waals surface area contributed by atoms with Gasteiger partial charge in [-0.3, -0.25) is 29.1 Å². The minimum atomic E-state index is -4.82. The van der Waals surface area contributed by atoms with Crippen molar-refractivity contribution >= 4 is 80.2 Å². The average molecular weight is 767 g/mol. The van der Waals surface area contributed by atoms with Crippen molar-refractivity contribution in [3.8, 4) is 11.5 Å². The Hall–Kier alpha value is -3.07. The summed E-state index contributed by atoms with van der Waals surface area (Å²) in [6.07, 6.45) is -3.44. The fourth-order valence-corrected chi connectivity index (χ4v) is 8.93. The molecule has 4 aliphatic rings. The Kier molecular flexibility index (Phi) is 7.66. The maximum absolute atomic E-state index is 14.2. The number of methoxy groups -OCH3 is 1. The Labute approximate surface area is 283 Å². The molecule has 1 aromatic carbocycles. The Morgan fingerprint density at radius 3 is 2.41 bits per heavy atom. The van der Waals surface area contributed by atoms with E-state index in [4.69, 9.17) is 39.5 Å². The number of rotatable bonds is 4. The molecule has 17 heteroatoms. The van der Waals surface area contributed by atoms with Crippen LogP contribution in [0.25, 0.3) is 0 Å². The van der Waals surface area contributed by atoms with Gasteiger partial charge < -0.3 is 9.84 Å². The largest absolute Gasteiger partial charge is 0.503 e. The number of aromatic nitrogens is 1. The molecular formula is C29H23BrCl3F3N4O6. The topological polar surface area (TPSA) is 120 Å². The highest BCUT2D eigenvalue weighted by Gasteiger charge is 2.76. The lowest BCUT2D eigenvalue weighted by Gasteiger charge is -2.50. The summed E-state index contributed by atoms with van der Waals surface area (Å²) in [5.41, 5.74) is -0.483. The zero-order chi connectivity index (χ0) is 33.8. The summed E-state index contributed by atoms with van der Waals surface area (Å²) >= 11 is 23.8. The number of anilines is 1. The van der Waals surface area contributed by atoms with Gasteiger partial charge in [0.1, 0.15) is 5.69 Å². The van der Waals surface area contributed by atoms with E-state index in [1.807, 2.05) is 0 Å². The molecule has 6 rings (SSSR count). The number of ether oxygens (including phenoxy) is 1. The summed E-state index contributed by atoms with van der Waals surface area (Å²) in [6, 6.07) is 4.59. The van der Waals surface area contributed by atoms with Crippen molar-refractivity contribution in [1.29, 1.82) is 0 Å². The van der Waals surface area contributed by atoms with Gasteiger partial charge in [0, 0.05) is 20.0 Å². The van der Waals surface area contributed by atoms with Crippen molar-refractivity contribution < 1.29 is 42.2 Å². The summed E-state index contributed by atoms with van der Waals surface area (Å²) in [4.78, 5) is 55.6. The molecule has 0 unspecified atom stereocenters. The number of pyridine rings is 1. The molecule has 0 radical (unpaired) electrons. The van der Waals surface area contributed by atoms with E-state index in [0.29, 0.717) is 22.2 Å². The number of phenols is 1. The monoisotopic (exact) mass is 764 g/mol. The standard InChI is InChI=1S/C29H23BrCl3F3N4O6/c1-38-25(44)27(32)10-14-12(20(28(27,33)26(38)45)11-8-15(30)21(41)17(9-11)46-3)4-5-13-19(14)24(43)40(23(13)42)39(2)22-16(31)6-7-18(37-22)29(34,35)36/h4,6-9,13-14,19-20,41H,5,10H2,1-3H3/t13-,14+,19-,20-,27+,28-/m0/s1. The van der Waals surface area contributed by atoms with Crippen LogP contribution in [0.3, 0.4) is 0 Å². The molecule has 2 aliphatic heterocycles. The summed E-state index contributed by atoms with van der Waals surface area (Å²) in [5.74, 6) is -7.90. The second kappa shape index (κ2) is 10.7. The SMILES string of the molecule is COc1cc([C@H]2C3=CC[C@@H]4C(=O)N(N(C)c5nc(C(F)(F)F)ccc5Cl)C(=O)[C@@H]4[C@@H]3C[C@@]3(Cl)C(=O)N(C)C(=O)[C@@]23Cl)cc(Br)c1O. The minimum absolute atomic E-state index is 0.00227. The van der Waals surface area contributed by atoms with E-state index in [9.17, 15) is 37.5 Å². The Morgan fingerprint density at radius 1 is 1.11 bits per heavy atom. The first kappa shape index (κ1) is 32.9. The normalized spacial score (nSPS) is 30.7. The van der Waals surface area contributed by atoms with Crippen LogP contribution in [-0.2, 0) is 25.4 Å². The number of hydrogen-bond donors (Lipinski definition) is 1. The second-order valence-electron chi connectivity index (χ2n) is 11.6. The van der Waals surface area contributed by atoms with Crippen LogP contribution >= 0.6 is 50.7 Å². The van der Waals surface area contributed by atoms with Gasteiger partial charge in [-0.15, -0.1) is 23.2 Å². The van der Waals surface area contributed by atoms with Gasteiger partial charge >= 0.3 is 6.18 Å². The molecule has 0 spiro atoms. The maximum Gasteiger partial charge on any atom is 0.433 e. The summed E-state index contributed by atoms with van der Waals surface area (Å²) in [7, 11) is 3.76. The first-order valence-corrected chi connectivity index (χ1v) is 15.6. The number of allylic oxidation sites excluding steroid dienone is 2. The first-order valence-electron chi connectivity index (χ1n) is 13.7. The number of hydrazine groups is 1. The highest BCUT2D eigenvalue weighted by Crippen LogP contribution is 2.65. The van der Waals surface area contributed by atoms with Crippen molar-refractivity contribution in [3.63, 3.8) is 0 Å². The third-order valence-corrected chi connectivity index (χ3v) is 11.6. The first-order chi connectivity index (χ1) is 21.4. The van der Waals surface area contributed by atoms with E-state index in [1.165, 1.54) is 33.3 Å². The molecule has 4 amide bonds. The average Bonchev–Trinajstić information content (AvgIpc) is 3.32. The molecule has 6 atom stereocenters. The maximum atomic E-state index is 14.2. The summed E-state index contributed by atoms with van der Waals surface area (Å²) < 4.78 is 45.9. The Morgan fingerprint density at radius 2 is 1.78 bits per heavy atom. The number of carbonyl (C=O) groups is 4. The molecule has 2 saturated heterocycles. The van der Waals surface area contributed by atoms with E-state index in [-0.39, 0.29) is 33.8 Å². The van der Waals surface area contributed by atoms with Crippen LogP contribution in [0, 0.1) is 17.8 Å². The number of alkyl halides is 5. The molecule has 244 valence electrons. The van der Waals surface area contributed by atoms with Crippen LogP contribution in [0.4, 0.5) is 19.0 Å².